The normalized spacial score (nSPS) is 14.8. The van der Waals surface area contributed by atoms with Crippen LogP contribution in [0.3, 0.4) is 0 Å². The summed E-state index contributed by atoms with van der Waals surface area (Å²) in [5.74, 6) is 0.0501. The van der Waals surface area contributed by atoms with Crippen LogP contribution < -0.4 is 5.32 Å². The van der Waals surface area contributed by atoms with Crippen molar-refractivity contribution in [3.8, 4) is 5.69 Å². The van der Waals surface area contributed by atoms with E-state index >= 15 is 0 Å². The minimum atomic E-state index is -0.326. The molecule has 6 heteroatoms. The molecule has 4 nitrogen and oxygen atoms in total. The fraction of sp³-hybridized carbons (Fsp3) is 0.200. The molecule has 0 saturated heterocycles. The van der Waals surface area contributed by atoms with Crippen molar-refractivity contribution < 1.29 is 4.79 Å². The fourth-order valence-corrected chi connectivity index (χ4v) is 4.03. The van der Waals surface area contributed by atoms with Crippen molar-refractivity contribution in [2.24, 2.45) is 0 Å². The third-order valence-electron chi connectivity index (χ3n) is 4.20. The molecular weight excluding hydrogens is 410 g/mol. The lowest BCUT2D eigenvalue weighted by Crippen LogP contribution is -2.29. The Kier molecular flexibility index (Phi) is 5.13. The molecule has 1 saturated carbocycles. The zero-order valence-corrected chi connectivity index (χ0v) is 16.4. The van der Waals surface area contributed by atoms with E-state index in [0.29, 0.717) is 6.04 Å². The topological polar surface area (TPSA) is 46.9 Å². The van der Waals surface area contributed by atoms with E-state index in [1.54, 1.807) is 6.20 Å². The van der Waals surface area contributed by atoms with Gasteiger partial charge in [0.2, 0.25) is 5.91 Å². The number of hydrogen-bond acceptors (Lipinski definition) is 3. The largest absolute Gasteiger partial charge is 0.352 e. The second kappa shape index (κ2) is 7.68. The maximum Gasteiger partial charge on any atom is 0.238 e. The van der Waals surface area contributed by atoms with E-state index in [0.717, 1.165) is 33.7 Å². The molecule has 1 fully saturated rings. The second-order valence-corrected chi connectivity index (χ2v) is 8.24. The van der Waals surface area contributed by atoms with Crippen molar-refractivity contribution in [3.63, 3.8) is 0 Å². The quantitative estimate of drug-likeness (QED) is 0.577. The average Bonchev–Trinajstić information content (AvgIpc) is 3.35. The van der Waals surface area contributed by atoms with Gasteiger partial charge in [-0.15, -0.1) is 0 Å². The number of carbonyl (C=O) groups excluding carboxylic acids is 1. The van der Waals surface area contributed by atoms with Crippen molar-refractivity contribution in [1.29, 1.82) is 0 Å². The number of nitrogens with zero attached hydrogens (tertiary/aromatic N) is 2. The monoisotopic (exact) mass is 427 g/mol. The number of carbonyl (C=O) groups is 1. The van der Waals surface area contributed by atoms with Crippen molar-refractivity contribution in [2.75, 3.05) is 0 Å². The van der Waals surface area contributed by atoms with Gasteiger partial charge in [0.1, 0.15) is 5.25 Å². The maximum absolute atomic E-state index is 12.8. The molecule has 3 aromatic rings. The van der Waals surface area contributed by atoms with Gasteiger partial charge in [0.15, 0.2) is 5.16 Å². The highest BCUT2D eigenvalue weighted by Crippen LogP contribution is 2.36. The lowest BCUT2D eigenvalue weighted by atomic mass is 10.1. The second-order valence-electron chi connectivity index (χ2n) is 6.25. The first-order valence-corrected chi connectivity index (χ1v) is 10.2. The third kappa shape index (κ3) is 4.02. The molecule has 1 atom stereocenters. The Balaban J connectivity index is 1.63. The Morgan fingerprint density at radius 2 is 1.88 bits per heavy atom. The first-order valence-electron chi connectivity index (χ1n) is 8.52. The van der Waals surface area contributed by atoms with Gasteiger partial charge in [-0.05, 0) is 42.7 Å². The summed E-state index contributed by atoms with van der Waals surface area (Å²) in [6.07, 6.45) is 5.84. The minimum absolute atomic E-state index is 0.0501. The molecule has 1 amide bonds. The SMILES string of the molecule is O=C(NC1CC1)C(Sc1nccn1-c1ccc(Br)cc1)c1ccccc1. The highest BCUT2D eigenvalue weighted by atomic mass is 79.9. The molecule has 0 spiro atoms. The molecule has 1 heterocycles. The number of aromatic nitrogens is 2. The number of thioether (sulfide) groups is 1. The molecule has 1 unspecified atom stereocenters. The van der Waals surface area contributed by atoms with Crippen LogP contribution in [0.5, 0.6) is 0 Å². The van der Waals surface area contributed by atoms with Crippen LogP contribution in [0.25, 0.3) is 5.69 Å². The van der Waals surface area contributed by atoms with E-state index in [1.165, 1.54) is 11.8 Å². The number of rotatable bonds is 6. The predicted molar refractivity (Wildman–Crippen MR) is 107 cm³/mol. The van der Waals surface area contributed by atoms with Crippen molar-refractivity contribution in [3.05, 3.63) is 77.0 Å². The lowest BCUT2D eigenvalue weighted by molar-refractivity contribution is -0.120. The highest BCUT2D eigenvalue weighted by Gasteiger charge is 2.30. The van der Waals surface area contributed by atoms with Crippen LogP contribution in [0, 0.1) is 0 Å². The van der Waals surface area contributed by atoms with Gasteiger partial charge in [0.05, 0.1) is 0 Å². The summed E-state index contributed by atoms with van der Waals surface area (Å²) < 4.78 is 3.04. The van der Waals surface area contributed by atoms with Crippen LogP contribution in [0.4, 0.5) is 0 Å². The van der Waals surface area contributed by atoms with E-state index in [2.05, 4.69) is 26.2 Å². The molecule has 0 bridgehead atoms. The van der Waals surface area contributed by atoms with Gasteiger partial charge in [0.25, 0.3) is 0 Å². The zero-order valence-electron chi connectivity index (χ0n) is 14.0. The van der Waals surface area contributed by atoms with E-state index < -0.39 is 0 Å². The van der Waals surface area contributed by atoms with Crippen LogP contribution in [-0.2, 0) is 4.79 Å². The molecule has 1 aliphatic rings. The van der Waals surface area contributed by atoms with Gasteiger partial charge >= 0.3 is 0 Å². The van der Waals surface area contributed by atoms with Gasteiger partial charge in [-0.25, -0.2) is 4.98 Å². The molecule has 1 aromatic heterocycles. The van der Waals surface area contributed by atoms with Gasteiger partial charge in [-0.3, -0.25) is 9.36 Å². The zero-order chi connectivity index (χ0) is 17.9. The predicted octanol–water partition coefficient (Wildman–Crippen LogP) is 4.75. The number of benzene rings is 2. The Morgan fingerprint density at radius 1 is 1.15 bits per heavy atom. The number of halogens is 1. The molecule has 4 rings (SSSR count). The lowest BCUT2D eigenvalue weighted by Gasteiger charge is -2.17. The number of amides is 1. The number of imidazole rings is 1. The molecule has 26 heavy (non-hydrogen) atoms. The van der Waals surface area contributed by atoms with Gasteiger partial charge in [-0.2, -0.15) is 0 Å². The average molecular weight is 428 g/mol. The summed E-state index contributed by atoms with van der Waals surface area (Å²) in [5.41, 5.74) is 2.00. The smallest absolute Gasteiger partial charge is 0.238 e. The first-order chi connectivity index (χ1) is 12.7. The Morgan fingerprint density at radius 3 is 2.58 bits per heavy atom. The van der Waals surface area contributed by atoms with E-state index in [-0.39, 0.29) is 11.2 Å². The van der Waals surface area contributed by atoms with E-state index in [1.807, 2.05) is 65.4 Å². The summed E-state index contributed by atoms with van der Waals surface area (Å²) in [7, 11) is 0. The van der Waals surface area contributed by atoms with Gasteiger partial charge in [-0.1, -0.05) is 58.0 Å². The fourth-order valence-electron chi connectivity index (χ4n) is 2.69. The van der Waals surface area contributed by atoms with Crippen molar-refractivity contribution in [1.82, 2.24) is 14.9 Å². The Hall–Kier alpha value is -2.05. The molecule has 0 radical (unpaired) electrons. The Bertz CT molecular complexity index is 891. The summed E-state index contributed by atoms with van der Waals surface area (Å²) in [6, 6.07) is 18.3. The summed E-state index contributed by atoms with van der Waals surface area (Å²) in [4.78, 5) is 17.3. The third-order valence-corrected chi connectivity index (χ3v) is 5.96. The van der Waals surface area contributed by atoms with Crippen LogP contribution in [-0.4, -0.2) is 21.5 Å². The van der Waals surface area contributed by atoms with Crippen LogP contribution in [0.2, 0.25) is 0 Å². The van der Waals surface area contributed by atoms with E-state index in [9.17, 15) is 4.79 Å². The Labute approximate surface area is 165 Å². The van der Waals surface area contributed by atoms with Gasteiger partial charge < -0.3 is 5.32 Å². The number of hydrogen-bond donors (Lipinski definition) is 1. The first kappa shape index (κ1) is 17.4. The molecular formula is C20H18BrN3OS. The molecule has 0 aliphatic heterocycles. The highest BCUT2D eigenvalue weighted by molar-refractivity contribution is 9.10. The van der Waals surface area contributed by atoms with Crippen LogP contribution in [0.1, 0.15) is 23.7 Å². The minimum Gasteiger partial charge on any atom is -0.352 e. The van der Waals surface area contributed by atoms with Gasteiger partial charge in [0, 0.05) is 28.6 Å². The van der Waals surface area contributed by atoms with Crippen molar-refractivity contribution in [2.45, 2.75) is 29.3 Å². The summed E-state index contributed by atoms with van der Waals surface area (Å²) in [6.45, 7) is 0. The molecule has 1 N–H and O–H groups in total. The van der Waals surface area contributed by atoms with Crippen molar-refractivity contribution >= 4 is 33.6 Å². The molecule has 132 valence electrons. The van der Waals surface area contributed by atoms with Crippen LogP contribution >= 0.6 is 27.7 Å². The van der Waals surface area contributed by atoms with E-state index in [4.69, 9.17) is 0 Å². The van der Waals surface area contributed by atoms with Crippen LogP contribution in [0.15, 0.2) is 76.6 Å². The number of nitrogens with one attached hydrogen (secondary N) is 1. The molecule has 2 aromatic carbocycles. The molecule has 1 aliphatic carbocycles. The summed E-state index contributed by atoms with van der Waals surface area (Å²) in [5, 5.41) is 3.60. The standard InChI is InChI=1S/C20H18BrN3OS/c21-15-6-10-17(11-7-15)24-13-12-22-20(24)26-18(14-4-2-1-3-5-14)19(25)23-16-8-9-16/h1-7,10-13,16,18H,8-9H2,(H,23,25). The summed E-state index contributed by atoms with van der Waals surface area (Å²) >= 11 is 4.94. The maximum atomic E-state index is 12.8.